The molecule has 0 atom stereocenters. The van der Waals surface area contributed by atoms with Crippen LogP contribution in [0.3, 0.4) is 0 Å². The first-order valence-electron chi connectivity index (χ1n) is 9.86. The van der Waals surface area contributed by atoms with Crippen molar-refractivity contribution in [3.8, 4) is 11.8 Å². The first kappa shape index (κ1) is 20.1. The summed E-state index contributed by atoms with van der Waals surface area (Å²) < 4.78 is 4.92. The number of aromatic nitrogens is 2. The number of esters is 1. The largest absolute Gasteiger partial charge is 0.466 e. The standard InChI is InChI=1S/C24H28N2O2/c1-6-28-22(27)16-19-11-10-18(25-26-19)9-7-17-8-12-20-21(15-17)24(4,5)14-13-23(20,2)3/h8,10-12,15H,6,13-14,16H2,1-5H3. The van der Waals surface area contributed by atoms with Gasteiger partial charge >= 0.3 is 5.97 Å². The summed E-state index contributed by atoms with van der Waals surface area (Å²) in [4.78, 5) is 11.5. The molecule has 1 aliphatic carbocycles. The zero-order valence-corrected chi connectivity index (χ0v) is 17.4. The van der Waals surface area contributed by atoms with E-state index in [-0.39, 0.29) is 23.2 Å². The van der Waals surface area contributed by atoms with Gasteiger partial charge in [0.05, 0.1) is 18.7 Å². The number of rotatable bonds is 3. The molecule has 0 aliphatic heterocycles. The van der Waals surface area contributed by atoms with Crippen molar-refractivity contribution in [2.75, 3.05) is 6.61 Å². The van der Waals surface area contributed by atoms with E-state index in [4.69, 9.17) is 4.74 Å². The quantitative estimate of drug-likeness (QED) is 0.591. The van der Waals surface area contributed by atoms with Crippen molar-refractivity contribution in [2.45, 2.75) is 64.7 Å². The van der Waals surface area contributed by atoms with Crippen LogP contribution in [0.15, 0.2) is 30.3 Å². The number of fused-ring (bicyclic) bond motifs is 1. The first-order valence-corrected chi connectivity index (χ1v) is 9.86. The number of hydrogen-bond donors (Lipinski definition) is 0. The summed E-state index contributed by atoms with van der Waals surface area (Å²) in [5.74, 6) is 6.00. The molecule has 0 fully saturated rings. The van der Waals surface area contributed by atoms with E-state index in [2.05, 4.69) is 67.9 Å². The average molecular weight is 377 g/mol. The molecule has 2 aromatic rings. The molecular weight excluding hydrogens is 348 g/mol. The van der Waals surface area contributed by atoms with Crippen LogP contribution in [0.5, 0.6) is 0 Å². The maximum absolute atomic E-state index is 11.5. The van der Waals surface area contributed by atoms with Gasteiger partial charge in [0.1, 0.15) is 5.69 Å². The summed E-state index contributed by atoms with van der Waals surface area (Å²) in [5, 5.41) is 8.19. The van der Waals surface area contributed by atoms with E-state index in [0.29, 0.717) is 18.0 Å². The molecule has 0 spiro atoms. The third-order valence-electron chi connectivity index (χ3n) is 5.54. The van der Waals surface area contributed by atoms with Gasteiger partial charge in [0, 0.05) is 5.56 Å². The van der Waals surface area contributed by atoms with Crippen LogP contribution in [0.25, 0.3) is 0 Å². The molecule has 1 aromatic heterocycles. The lowest BCUT2D eigenvalue weighted by molar-refractivity contribution is -0.142. The van der Waals surface area contributed by atoms with Gasteiger partial charge in [-0.05, 0) is 71.9 Å². The third kappa shape index (κ3) is 4.42. The number of ether oxygens (including phenoxy) is 1. The Kier molecular flexibility index (Phi) is 5.56. The minimum atomic E-state index is -0.296. The highest BCUT2D eigenvalue weighted by Crippen LogP contribution is 2.45. The average Bonchev–Trinajstić information content (AvgIpc) is 2.65. The summed E-state index contributed by atoms with van der Waals surface area (Å²) >= 11 is 0. The summed E-state index contributed by atoms with van der Waals surface area (Å²) in [6.45, 7) is 11.4. The molecule has 4 nitrogen and oxygen atoms in total. The molecule has 1 aromatic carbocycles. The highest BCUT2D eigenvalue weighted by molar-refractivity contribution is 5.71. The van der Waals surface area contributed by atoms with E-state index in [1.54, 1.807) is 19.1 Å². The van der Waals surface area contributed by atoms with E-state index in [1.807, 2.05) is 0 Å². The molecule has 4 heteroatoms. The number of nitrogens with zero attached hydrogens (tertiary/aromatic N) is 2. The van der Waals surface area contributed by atoms with Gasteiger partial charge in [-0.15, -0.1) is 5.10 Å². The lowest BCUT2D eigenvalue weighted by Gasteiger charge is -2.41. The van der Waals surface area contributed by atoms with E-state index >= 15 is 0 Å². The second kappa shape index (κ2) is 7.75. The van der Waals surface area contributed by atoms with Gasteiger partial charge in [0.2, 0.25) is 0 Å². The highest BCUT2D eigenvalue weighted by Gasteiger charge is 2.36. The maximum atomic E-state index is 11.5. The molecular formula is C24H28N2O2. The normalized spacial score (nSPS) is 16.5. The van der Waals surface area contributed by atoms with Crippen molar-refractivity contribution in [1.82, 2.24) is 10.2 Å². The minimum Gasteiger partial charge on any atom is -0.466 e. The molecule has 0 amide bonds. The second-order valence-electron chi connectivity index (χ2n) is 8.67. The van der Waals surface area contributed by atoms with Crippen LogP contribution in [0.1, 0.15) is 75.5 Å². The van der Waals surface area contributed by atoms with Crippen LogP contribution in [-0.2, 0) is 26.8 Å². The SMILES string of the molecule is CCOC(=O)Cc1ccc(C#Cc2ccc3c(c2)C(C)(C)CCC3(C)C)nn1. The van der Waals surface area contributed by atoms with Crippen molar-refractivity contribution >= 4 is 5.97 Å². The summed E-state index contributed by atoms with van der Waals surface area (Å²) in [6.07, 6.45) is 2.51. The fraction of sp³-hybridized carbons (Fsp3) is 0.458. The Morgan fingerprint density at radius 1 is 1.00 bits per heavy atom. The van der Waals surface area contributed by atoms with Crippen LogP contribution < -0.4 is 0 Å². The van der Waals surface area contributed by atoms with Crippen molar-refractivity contribution in [3.63, 3.8) is 0 Å². The first-order chi connectivity index (χ1) is 13.2. The lowest BCUT2D eigenvalue weighted by Crippen LogP contribution is -2.33. The molecule has 1 heterocycles. The molecule has 0 bridgehead atoms. The molecule has 0 saturated heterocycles. The van der Waals surface area contributed by atoms with Gasteiger partial charge in [0.15, 0.2) is 0 Å². The predicted molar refractivity (Wildman–Crippen MR) is 110 cm³/mol. The molecule has 0 radical (unpaired) electrons. The number of carbonyl (C=O) groups excluding carboxylic acids is 1. The van der Waals surface area contributed by atoms with Crippen molar-refractivity contribution in [2.24, 2.45) is 0 Å². The fourth-order valence-corrected chi connectivity index (χ4v) is 3.68. The molecule has 3 rings (SSSR count). The zero-order valence-electron chi connectivity index (χ0n) is 17.4. The molecule has 28 heavy (non-hydrogen) atoms. The van der Waals surface area contributed by atoms with Crippen LogP contribution >= 0.6 is 0 Å². The van der Waals surface area contributed by atoms with Gasteiger partial charge in [-0.2, -0.15) is 5.10 Å². The van der Waals surface area contributed by atoms with Gasteiger partial charge in [-0.1, -0.05) is 39.7 Å². The molecule has 1 aliphatic rings. The smallest absolute Gasteiger partial charge is 0.311 e. The lowest BCUT2D eigenvalue weighted by atomic mass is 9.63. The van der Waals surface area contributed by atoms with E-state index in [9.17, 15) is 4.79 Å². The monoisotopic (exact) mass is 376 g/mol. The van der Waals surface area contributed by atoms with Crippen molar-refractivity contribution in [3.05, 3.63) is 58.4 Å². The Balaban J connectivity index is 1.80. The van der Waals surface area contributed by atoms with Crippen molar-refractivity contribution < 1.29 is 9.53 Å². The van der Waals surface area contributed by atoms with Gasteiger partial charge in [-0.25, -0.2) is 0 Å². The number of carbonyl (C=O) groups is 1. The van der Waals surface area contributed by atoms with Crippen LogP contribution in [0.4, 0.5) is 0 Å². The number of benzene rings is 1. The number of hydrogen-bond acceptors (Lipinski definition) is 4. The van der Waals surface area contributed by atoms with Crippen LogP contribution in [0, 0.1) is 11.8 Å². The Hall–Kier alpha value is -2.67. The van der Waals surface area contributed by atoms with Crippen LogP contribution in [0.2, 0.25) is 0 Å². The van der Waals surface area contributed by atoms with Crippen LogP contribution in [-0.4, -0.2) is 22.8 Å². The van der Waals surface area contributed by atoms with E-state index < -0.39 is 0 Å². The molecule has 0 saturated carbocycles. The fourth-order valence-electron chi connectivity index (χ4n) is 3.68. The molecule has 146 valence electrons. The third-order valence-corrected chi connectivity index (χ3v) is 5.54. The summed E-state index contributed by atoms with van der Waals surface area (Å²) in [6, 6.07) is 10.1. The Bertz CT molecular complexity index is 931. The zero-order chi connectivity index (χ0) is 20.4. The summed E-state index contributed by atoms with van der Waals surface area (Å²) in [7, 11) is 0. The Morgan fingerprint density at radius 3 is 2.36 bits per heavy atom. The molecule has 0 N–H and O–H groups in total. The van der Waals surface area contributed by atoms with Crippen molar-refractivity contribution in [1.29, 1.82) is 0 Å². The minimum absolute atomic E-state index is 0.129. The maximum Gasteiger partial charge on any atom is 0.311 e. The predicted octanol–water partition coefficient (Wildman–Crippen LogP) is 4.33. The Labute approximate surface area is 167 Å². The van der Waals surface area contributed by atoms with Gasteiger partial charge in [0.25, 0.3) is 0 Å². The topological polar surface area (TPSA) is 52.1 Å². The van der Waals surface area contributed by atoms with Gasteiger partial charge < -0.3 is 4.74 Å². The van der Waals surface area contributed by atoms with E-state index in [1.165, 1.54) is 24.0 Å². The van der Waals surface area contributed by atoms with E-state index in [0.717, 1.165) is 5.56 Å². The molecule has 0 unspecified atom stereocenters. The second-order valence-corrected chi connectivity index (χ2v) is 8.67. The Morgan fingerprint density at radius 2 is 1.71 bits per heavy atom. The summed E-state index contributed by atoms with van der Waals surface area (Å²) in [5.41, 5.74) is 5.35. The highest BCUT2D eigenvalue weighted by atomic mass is 16.5. The van der Waals surface area contributed by atoms with Gasteiger partial charge in [-0.3, -0.25) is 4.79 Å².